The number of benzene rings is 1. The molecular weight excluding hydrogens is 653 g/mol. The smallest absolute Gasteiger partial charge is 0.226 e. The first-order valence-electron chi connectivity index (χ1n) is 17.7. The number of allylic oxidation sites excluding steroid dienone is 1. The Labute approximate surface area is 300 Å². The number of unbranched alkanes of at least 4 members (excludes halogenated alkanes) is 2. The zero-order valence-corrected chi connectivity index (χ0v) is 31.1. The monoisotopic (exact) mass is 704 g/mol. The molecule has 2 saturated carbocycles. The first-order chi connectivity index (χ1) is 24.0. The van der Waals surface area contributed by atoms with Gasteiger partial charge in [0.05, 0.1) is 42.3 Å². The third-order valence-corrected chi connectivity index (χ3v) is 10.9. The summed E-state index contributed by atoms with van der Waals surface area (Å²) in [6.45, 7) is 17.0. The van der Waals surface area contributed by atoms with Gasteiger partial charge in [0.2, 0.25) is 11.8 Å². The molecule has 10 nitrogen and oxygen atoms in total. The predicted octanol–water partition coefficient (Wildman–Crippen LogP) is 7.42. The molecule has 0 saturated heterocycles. The Balaban J connectivity index is 1.45. The number of rotatable bonds is 18. The van der Waals surface area contributed by atoms with Gasteiger partial charge in [-0.3, -0.25) is 9.59 Å². The highest BCUT2D eigenvalue weighted by Crippen LogP contribution is 2.46. The van der Waals surface area contributed by atoms with Gasteiger partial charge in [-0.05, 0) is 70.4 Å². The molecule has 2 heterocycles. The lowest BCUT2D eigenvalue weighted by Crippen LogP contribution is -2.47. The van der Waals surface area contributed by atoms with Crippen LogP contribution in [0.5, 0.6) is 11.5 Å². The van der Waals surface area contributed by atoms with E-state index < -0.39 is 17.4 Å². The molecule has 0 aliphatic heterocycles. The van der Waals surface area contributed by atoms with Crippen molar-refractivity contribution in [2.75, 3.05) is 33.9 Å². The predicted molar refractivity (Wildman–Crippen MR) is 197 cm³/mol. The summed E-state index contributed by atoms with van der Waals surface area (Å²) in [4.78, 5) is 50.4. The van der Waals surface area contributed by atoms with Gasteiger partial charge in [0.15, 0.2) is 0 Å². The fourth-order valence-corrected chi connectivity index (χ4v) is 7.83. The van der Waals surface area contributed by atoms with Gasteiger partial charge in [0, 0.05) is 41.9 Å². The van der Waals surface area contributed by atoms with Crippen LogP contribution < -0.4 is 14.8 Å². The molecule has 1 aromatic carbocycles. The summed E-state index contributed by atoms with van der Waals surface area (Å²) in [5.74, 6) is 0.371. The second-order valence-electron chi connectivity index (χ2n) is 13.9. The number of methoxy groups -OCH3 is 1. The van der Waals surface area contributed by atoms with Crippen LogP contribution in [0.4, 0.5) is 0 Å². The van der Waals surface area contributed by atoms with Crippen molar-refractivity contribution >= 4 is 34.1 Å². The van der Waals surface area contributed by atoms with E-state index in [9.17, 15) is 9.59 Å². The third kappa shape index (κ3) is 8.22. The quantitative estimate of drug-likeness (QED) is 0.0631. The molecule has 0 spiro atoms. The minimum absolute atomic E-state index is 0.0459. The summed E-state index contributed by atoms with van der Waals surface area (Å²) in [5.41, 5.74) is 2.77. The van der Waals surface area contributed by atoms with Crippen molar-refractivity contribution in [1.82, 2.24) is 20.2 Å². The molecule has 5 rings (SSSR count). The number of fused-ring (bicyclic) bond motifs is 1. The summed E-state index contributed by atoms with van der Waals surface area (Å²) < 4.78 is 12.5. The van der Waals surface area contributed by atoms with Crippen LogP contribution in [0.15, 0.2) is 48.9 Å². The number of amides is 2. The van der Waals surface area contributed by atoms with Crippen molar-refractivity contribution in [2.45, 2.75) is 83.8 Å². The summed E-state index contributed by atoms with van der Waals surface area (Å²) in [5, 5.41) is 6.95. The first-order valence-corrected chi connectivity index (χ1v) is 18.6. The molecule has 3 aromatic rings. The van der Waals surface area contributed by atoms with E-state index in [1.165, 1.54) is 0 Å². The fourth-order valence-electron chi connectivity index (χ4n) is 6.89. The number of aromatic nitrogens is 2. The van der Waals surface area contributed by atoms with Crippen molar-refractivity contribution in [3.8, 4) is 22.2 Å². The molecule has 2 aliphatic carbocycles. The molecule has 1 N–H and O–H groups in total. The van der Waals surface area contributed by atoms with Crippen LogP contribution in [0, 0.1) is 24.7 Å². The van der Waals surface area contributed by atoms with Crippen LogP contribution in [0.3, 0.4) is 0 Å². The number of carbonyl (C=O) groups excluding carboxylic acids is 2. The van der Waals surface area contributed by atoms with Crippen LogP contribution in [0.25, 0.3) is 21.6 Å². The molecule has 2 aliphatic rings. The SMILES string of the molecule is C=CCCCCN(C)C(=O)[C@@H]1C[C@H](Oc2cc(-c3nc(C(C)C)cs3)nc3c(C)c(OC)ccc23)C[C@H]1C(=O)N[C@]1(COOCC)C[C@H]1C=C. The van der Waals surface area contributed by atoms with Gasteiger partial charge < -0.3 is 19.7 Å². The lowest BCUT2D eigenvalue weighted by molar-refractivity contribution is -0.296. The normalized spacial score (nSPS) is 22.8. The molecular formula is C39H52N4O6S. The summed E-state index contributed by atoms with van der Waals surface area (Å²) in [6.07, 6.45) is 7.55. The number of nitrogens with one attached hydrogen (secondary N) is 1. The average molecular weight is 705 g/mol. The highest BCUT2D eigenvalue weighted by atomic mass is 32.1. The van der Waals surface area contributed by atoms with Crippen LogP contribution in [-0.2, 0) is 19.4 Å². The lowest BCUT2D eigenvalue weighted by atomic mass is 9.93. The maximum Gasteiger partial charge on any atom is 0.226 e. The van der Waals surface area contributed by atoms with Gasteiger partial charge in [-0.1, -0.05) is 26.0 Å². The first kappa shape index (κ1) is 37.5. The zero-order chi connectivity index (χ0) is 36.0. The van der Waals surface area contributed by atoms with E-state index in [4.69, 9.17) is 29.2 Å². The molecule has 270 valence electrons. The number of nitrogens with zero attached hydrogens (tertiary/aromatic N) is 3. The minimum atomic E-state index is -0.605. The molecule has 2 fully saturated rings. The van der Waals surface area contributed by atoms with E-state index in [0.717, 1.165) is 52.2 Å². The second kappa shape index (κ2) is 16.5. The molecule has 0 unspecified atom stereocenters. The van der Waals surface area contributed by atoms with E-state index >= 15 is 0 Å². The van der Waals surface area contributed by atoms with Crippen molar-refractivity contribution in [3.63, 3.8) is 0 Å². The Morgan fingerprint density at radius 2 is 1.92 bits per heavy atom. The Morgan fingerprint density at radius 1 is 1.14 bits per heavy atom. The number of thiazole rings is 1. The van der Waals surface area contributed by atoms with E-state index in [1.54, 1.807) is 23.3 Å². The minimum Gasteiger partial charge on any atom is -0.496 e. The highest BCUT2D eigenvalue weighted by molar-refractivity contribution is 7.13. The number of pyridine rings is 1. The van der Waals surface area contributed by atoms with Crippen molar-refractivity contribution in [1.29, 1.82) is 0 Å². The molecule has 0 radical (unpaired) electrons. The maximum atomic E-state index is 14.1. The molecule has 50 heavy (non-hydrogen) atoms. The van der Waals surface area contributed by atoms with Crippen LogP contribution in [0.2, 0.25) is 0 Å². The average Bonchev–Trinajstić information content (AvgIpc) is 3.40. The number of ether oxygens (including phenoxy) is 2. The number of aryl methyl sites for hydroxylation is 1. The summed E-state index contributed by atoms with van der Waals surface area (Å²) in [6, 6.07) is 5.81. The summed E-state index contributed by atoms with van der Waals surface area (Å²) >= 11 is 1.55. The number of carbonyl (C=O) groups is 2. The largest absolute Gasteiger partial charge is 0.496 e. The Bertz CT molecular complexity index is 1690. The second-order valence-corrected chi connectivity index (χ2v) is 14.7. The Hall–Kier alpha value is -3.80. The van der Waals surface area contributed by atoms with Crippen LogP contribution >= 0.6 is 11.3 Å². The van der Waals surface area contributed by atoms with Gasteiger partial charge >= 0.3 is 0 Å². The van der Waals surface area contributed by atoms with Crippen molar-refractivity contribution in [3.05, 3.63) is 60.1 Å². The van der Waals surface area contributed by atoms with E-state index in [-0.39, 0.29) is 36.4 Å². The number of hydrogen-bond acceptors (Lipinski definition) is 9. The van der Waals surface area contributed by atoms with E-state index in [2.05, 4.69) is 37.7 Å². The molecule has 5 atom stereocenters. The number of hydrogen-bond donors (Lipinski definition) is 1. The van der Waals surface area contributed by atoms with Gasteiger partial charge in [0.25, 0.3) is 0 Å². The highest BCUT2D eigenvalue weighted by Gasteiger charge is 2.56. The topological polar surface area (TPSA) is 112 Å². The standard InChI is InChI=1S/C39H52N4O6S/c1-9-12-13-14-17-43(7)38(45)30-19-27(18-29(30)36(44)42-39(21-26(39)10-2)23-48-47-11-3)49-34-20-31(37-41-32(22-50-37)24(4)5)40-35-25(6)33(46-8)16-15-28(34)35/h9-10,15-16,20,22,24,26-27,29-30H,1-2,11-14,17-19,21,23H2,3-8H3,(H,42,44)/t26-,27-,29-,30-,39+/m1/s1. The van der Waals surface area contributed by atoms with Crippen LogP contribution in [-0.4, -0.2) is 72.2 Å². The molecule has 11 heteroatoms. The summed E-state index contributed by atoms with van der Waals surface area (Å²) in [7, 11) is 3.47. The van der Waals surface area contributed by atoms with Gasteiger partial charge in [-0.2, -0.15) is 0 Å². The Morgan fingerprint density at radius 3 is 2.58 bits per heavy atom. The van der Waals surface area contributed by atoms with Gasteiger partial charge in [-0.25, -0.2) is 19.7 Å². The van der Waals surface area contributed by atoms with Gasteiger partial charge in [0.1, 0.15) is 34.9 Å². The zero-order valence-electron chi connectivity index (χ0n) is 30.3. The molecule has 2 amide bonds. The van der Waals surface area contributed by atoms with E-state index in [1.807, 2.05) is 51.2 Å². The third-order valence-electron chi connectivity index (χ3n) is 10.0. The van der Waals surface area contributed by atoms with Crippen LogP contribution in [0.1, 0.15) is 76.5 Å². The van der Waals surface area contributed by atoms with E-state index in [0.29, 0.717) is 43.9 Å². The van der Waals surface area contributed by atoms with Gasteiger partial charge in [-0.15, -0.1) is 24.5 Å². The lowest BCUT2D eigenvalue weighted by Gasteiger charge is -2.26. The Kier molecular flexibility index (Phi) is 12.3. The molecule has 2 aromatic heterocycles. The molecule has 0 bridgehead atoms. The maximum absolute atomic E-state index is 14.1. The van der Waals surface area contributed by atoms with Crippen molar-refractivity contribution in [2.24, 2.45) is 17.8 Å². The fraction of sp³-hybridized carbons (Fsp3) is 0.538. The van der Waals surface area contributed by atoms with Crippen molar-refractivity contribution < 1.29 is 28.8 Å².